The number of phosphoric acid groups is 1. The van der Waals surface area contributed by atoms with Crippen molar-refractivity contribution in [1.29, 1.82) is 0 Å². The zero-order valence-corrected chi connectivity index (χ0v) is 54.3. The maximum Gasteiger partial charge on any atom is 0.472 e. The van der Waals surface area contributed by atoms with Crippen molar-refractivity contribution in [2.75, 3.05) is 33.0 Å². The highest BCUT2D eigenvalue weighted by atomic mass is 36.0. The van der Waals surface area contributed by atoms with Crippen LogP contribution in [0.15, 0.2) is 97.6 Å². The van der Waals surface area contributed by atoms with Gasteiger partial charge in [-0.1, -0.05) is 48.5 Å². The van der Waals surface area contributed by atoms with Crippen LogP contribution < -0.4 is 0 Å². The van der Waals surface area contributed by atoms with Crippen molar-refractivity contribution in [2.45, 2.75) is 154 Å². The number of phosphoric ester groups is 1. The van der Waals surface area contributed by atoms with E-state index in [1.165, 1.54) is 0 Å². The van der Waals surface area contributed by atoms with Crippen LogP contribution in [0.4, 0.5) is 154 Å². The first kappa shape index (κ1) is 105. The minimum Gasteiger partial charge on any atom is -0.412 e. The molecule has 0 bridgehead atoms. The lowest BCUT2D eigenvalue weighted by Gasteiger charge is -2.30. The predicted molar refractivity (Wildman–Crippen MR) is 284 cm³/mol. The number of aliphatic hydroxyl groups excluding tert-OH is 1. The van der Waals surface area contributed by atoms with Gasteiger partial charge < -0.3 is 15.5 Å². The van der Waals surface area contributed by atoms with E-state index in [0.29, 0.717) is 0 Å². The average Bonchev–Trinajstić information content (AvgIpc) is 0.811. The Bertz CT molecular complexity index is 2340. The summed E-state index contributed by atoms with van der Waals surface area (Å²) in [5.41, 5.74) is -27.9. The van der Waals surface area contributed by atoms with E-state index in [4.69, 9.17) is 21.2 Å². The summed E-state index contributed by atoms with van der Waals surface area (Å²) in [5, 5.41) is 4.84. The van der Waals surface area contributed by atoms with Gasteiger partial charge in [0.2, 0.25) is 0 Å². The van der Waals surface area contributed by atoms with Crippen LogP contribution >= 0.6 is 64.9 Å². The Labute approximate surface area is 559 Å². The second kappa shape index (κ2) is 42.7. The number of pyridine rings is 2. The highest BCUT2D eigenvalue weighted by molar-refractivity contribution is 8.24. The van der Waals surface area contributed by atoms with Gasteiger partial charge in [-0.2, -0.15) is 132 Å². The van der Waals surface area contributed by atoms with E-state index >= 15 is 0 Å². The molecule has 2 aromatic heterocycles. The summed E-state index contributed by atoms with van der Waals surface area (Å²) in [7, 11) is -5.39. The molecule has 0 aliphatic rings. The van der Waals surface area contributed by atoms with E-state index in [1.54, 1.807) is 24.8 Å². The average molecular weight is 1690 g/mol. The summed E-state index contributed by atoms with van der Waals surface area (Å²) in [6.45, 7) is -11.4. The van der Waals surface area contributed by atoms with Crippen LogP contribution in [0, 0.1) is 0 Å². The molecule has 3 rings (SSSR count). The van der Waals surface area contributed by atoms with Crippen LogP contribution in [0.3, 0.4) is 0 Å². The second-order valence-electron chi connectivity index (χ2n) is 18.1. The normalized spacial score (nSPS) is 13.7. The number of rotatable bonds is 23. The first-order valence-corrected chi connectivity index (χ1v) is 33.6. The number of benzene rings is 1. The second-order valence-corrected chi connectivity index (χ2v) is 28.8. The number of aliphatic hydroxyl groups is 1. The van der Waals surface area contributed by atoms with Crippen molar-refractivity contribution in [2.24, 2.45) is 0 Å². The van der Waals surface area contributed by atoms with Crippen LogP contribution in [0.2, 0.25) is 0 Å². The smallest absolute Gasteiger partial charge is 0.412 e. The van der Waals surface area contributed by atoms with Gasteiger partial charge in [0.1, 0.15) is 0 Å². The summed E-state index contributed by atoms with van der Waals surface area (Å²) in [6, 6.07) is 23.4. The number of alkyl halides is 35. The molecule has 12 nitrogen and oxygen atoms in total. The summed E-state index contributed by atoms with van der Waals surface area (Å²) in [6.07, 6.45) is -73.4. The van der Waals surface area contributed by atoms with Crippen LogP contribution in [0.5, 0.6) is 0 Å². The van der Waals surface area contributed by atoms with E-state index in [1.807, 2.05) is 72.8 Å². The predicted octanol–water partition coefficient (Wildman–Crippen LogP) is 22.4. The van der Waals surface area contributed by atoms with Crippen molar-refractivity contribution in [3.63, 3.8) is 0 Å². The molecule has 1 aromatic carbocycles. The molecule has 54 heteroatoms. The molecular weight excluding hydrogens is 1640 g/mol. The molecule has 592 valence electrons. The topological polar surface area (TPSA) is 186 Å². The van der Waals surface area contributed by atoms with E-state index in [2.05, 4.69) is 61.8 Å². The molecule has 0 saturated carbocycles. The first-order valence-electron chi connectivity index (χ1n) is 25.2. The van der Waals surface area contributed by atoms with E-state index in [-0.39, 0.29) is 5.48 Å². The number of nitrogens with zero attached hydrogens (tertiary/aromatic N) is 2. The quantitative estimate of drug-likeness (QED) is 0.0523. The molecule has 0 aliphatic carbocycles. The molecule has 0 spiro atoms. The van der Waals surface area contributed by atoms with Gasteiger partial charge in [-0.05, 0) is 90.1 Å². The minimum atomic E-state index is -6.39. The minimum absolute atomic E-state index is 0. The van der Waals surface area contributed by atoms with Gasteiger partial charge in [-0.3, -0.25) is 32.6 Å². The van der Waals surface area contributed by atoms with Gasteiger partial charge in [0.25, 0.3) is 28.3 Å². The molecule has 0 aliphatic heterocycles. The van der Waals surface area contributed by atoms with Crippen molar-refractivity contribution in [1.82, 2.24) is 9.97 Å². The van der Waals surface area contributed by atoms with E-state index < -0.39 is 207 Å². The Kier molecular flexibility index (Phi) is 44.9. The lowest BCUT2D eigenvalue weighted by atomic mass is 9.98. The fourth-order valence-electron chi connectivity index (χ4n) is 5.60. The Morgan fingerprint density at radius 3 is 0.570 bits per heavy atom. The molecule has 0 radical (unpaired) electrons. The Morgan fingerprint density at radius 2 is 0.440 bits per heavy atom. The zero-order chi connectivity index (χ0) is 79.2. The van der Waals surface area contributed by atoms with Gasteiger partial charge in [-0.15, -0.1) is 0 Å². The largest absolute Gasteiger partial charge is 0.472 e. The standard InChI is InChI=1S/C12H12ClF14O3P.C12H13F14O4P.C6H7F7O.C6H6.2C5H5N.Cl3OP.H2O/c13-31(28,29-5-1-3-7(14,9(16,17)18)10(19,20)21)30-6-2-4-8(15,11(22,23)24)12(25,26)27;13-7(9(15,16)17,10(18,19)20)3-1-5-29-31(27,28)30-6-2-4-8(14,11(21,22)23)12(24,25)26;7-4(2-1-3-14,5(8,9)10)6(11,12)13;3*1-2-4-6-5-3-1;1-5(2,3)4;/h1-6H2;1-6H2,(H,27,28);14H,1-3H2;1-6H;2*1-5H;;1H2. The number of aromatic nitrogens is 2. The third kappa shape index (κ3) is 39.1. The number of hydrogen-bond acceptors (Lipinski definition) is 10. The van der Waals surface area contributed by atoms with Gasteiger partial charge >= 0.3 is 81.7 Å². The van der Waals surface area contributed by atoms with Crippen LogP contribution in [0.25, 0.3) is 0 Å². The summed E-state index contributed by atoms with van der Waals surface area (Å²) in [5.74, 6) is 0. The van der Waals surface area contributed by atoms with Crippen LogP contribution in [-0.4, -0.2) is 149 Å². The van der Waals surface area contributed by atoms with Crippen molar-refractivity contribution in [3.05, 3.63) is 97.6 Å². The van der Waals surface area contributed by atoms with Crippen molar-refractivity contribution in [3.8, 4) is 0 Å². The van der Waals surface area contributed by atoms with Crippen LogP contribution in [0.1, 0.15) is 64.2 Å². The third-order valence-electron chi connectivity index (χ3n) is 10.6. The van der Waals surface area contributed by atoms with Crippen molar-refractivity contribution >= 4 is 64.9 Å². The fourth-order valence-corrected chi connectivity index (χ4v) is 7.58. The third-order valence-corrected chi connectivity index (χ3v) is 13.2. The Hall–Kier alpha value is -3.36. The molecule has 0 atom stereocenters. The molecular formula is C46H50Cl4F35N2O10P3. The first-order chi connectivity index (χ1) is 43.9. The molecule has 4 N–H and O–H groups in total. The molecule has 0 saturated heterocycles. The van der Waals surface area contributed by atoms with E-state index in [9.17, 15) is 167 Å². The molecule has 2 heterocycles. The highest BCUT2D eigenvalue weighted by Gasteiger charge is 2.75. The van der Waals surface area contributed by atoms with Gasteiger partial charge in [0, 0.05) is 74.7 Å². The van der Waals surface area contributed by atoms with Crippen LogP contribution in [-0.2, 0) is 31.8 Å². The monoisotopic (exact) mass is 1690 g/mol. The SMILES string of the molecule is O.O=P(Cl)(Cl)Cl.O=P(Cl)(OCCCC(F)(C(F)(F)F)C(F)(F)F)OCCCC(F)(C(F)(F)F)C(F)(F)F.O=P(O)(OCCCC(F)(C(F)(F)F)C(F)(F)F)OCCCC(F)(C(F)(F)F)C(F)(F)F.OCCCC(F)(C(F)(F)F)C(F)(F)F.c1ccccc1.c1ccncc1.c1ccncc1. The summed E-state index contributed by atoms with van der Waals surface area (Å²) >= 11 is 18.9. The maximum atomic E-state index is 13.3. The molecule has 0 fully saturated rings. The highest BCUT2D eigenvalue weighted by Crippen LogP contribution is 2.61. The van der Waals surface area contributed by atoms with E-state index in [0.717, 1.165) is 0 Å². The lowest BCUT2D eigenvalue weighted by Crippen LogP contribution is -2.53. The molecule has 0 unspecified atom stereocenters. The van der Waals surface area contributed by atoms with Crippen molar-refractivity contribution < 1.29 is 201 Å². The Morgan fingerprint density at radius 1 is 0.290 bits per heavy atom. The summed E-state index contributed by atoms with van der Waals surface area (Å²) in [4.78, 5) is 16.6. The molecule has 100 heavy (non-hydrogen) atoms. The zero-order valence-electron chi connectivity index (χ0n) is 48.6. The summed E-state index contributed by atoms with van der Waals surface area (Å²) < 4.78 is 479. The fraction of sp³-hybridized carbons (Fsp3) is 0.652. The van der Waals surface area contributed by atoms with Gasteiger partial charge in [0.05, 0.1) is 26.4 Å². The maximum absolute atomic E-state index is 13.3. The molecule has 0 amide bonds. The number of halogens is 39. The molecule has 3 aromatic rings. The Balaban J connectivity index is -0.000000397. The lowest BCUT2D eigenvalue weighted by molar-refractivity contribution is -0.344. The number of hydrogen-bond donors (Lipinski definition) is 2. The van der Waals surface area contributed by atoms with Gasteiger partial charge in [0.15, 0.2) is 0 Å². The van der Waals surface area contributed by atoms with Gasteiger partial charge in [-0.25, -0.2) is 31.1 Å².